The fraction of sp³-hybridized carbons (Fsp3) is 0.483. The number of carbonyl (C=O) groups is 3. The van der Waals surface area contributed by atoms with Crippen LogP contribution in [0.25, 0.3) is 0 Å². The van der Waals surface area contributed by atoms with Crippen LogP contribution in [0, 0.1) is 11.8 Å². The molecule has 0 spiro atoms. The lowest BCUT2D eigenvalue weighted by Crippen LogP contribution is -2.49. The molecular formula is C29H35BrN2O5. The van der Waals surface area contributed by atoms with Crippen molar-refractivity contribution in [1.29, 1.82) is 0 Å². The molecule has 2 fully saturated rings. The highest BCUT2D eigenvalue weighted by atomic mass is 79.9. The monoisotopic (exact) mass is 570 g/mol. The quantitative estimate of drug-likeness (QED) is 0.435. The van der Waals surface area contributed by atoms with Crippen LogP contribution in [0.5, 0.6) is 0 Å². The van der Waals surface area contributed by atoms with Crippen molar-refractivity contribution < 1.29 is 23.9 Å². The van der Waals surface area contributed by atoms with Crippen LogP contribution >= 0.6 is 15.9 Å². The molecule has 2 heterocycles. The maximum Gasteiger partial charge on any atom is 0.416 e. The average Bonchev–Trinajstić information content (AvgIpc) is 3.21. The van der Waals surface area contributed by atoms with Gasteiger partial charge >= 0.3 is 12.2 Å². The molecule has 2 atom stereocenters. The first-order chi connectivity index (χ1) is 17.6. The van der Waals surface area contributed by atoms with E-state index in [1.165, 1.54) is 4.90 Å². The smallest absolute Gasteiger partial charge is 0.416 e. The molecule has 0 radical (unpaired) electrons. The van der Waals surface area contributed by atoms with Crippen molar-refractivity contribution in [2.45, 2.75) is 58.1 Å². The van der Waals surface area contributed by atoms with Crippen LogP contribution in [-0.2, 0) is 27.1 Å². The molecule has 0 saturated carbocycles. The molecule has 0 N–H and O–H groups in total. The first kappa shape index (κ1) is 27.2. The highest BCUT2D eigenvalue weighted by Crippen LogP contribution is 2.33. The van der Waals surface area contributed by atoms with E-state index in [9.17, 15) is 14.4 Å². The van der Waals surface area contributed by atoms with Crippen molar-refractivity contribution in [2.75, 3.05) is 19.7 Å². The van der Waals surface area contributed by atoms with Gasteiger partial charge in [-0.2, -0.15) is 0 Å². The Labute approximate surface area is 227 Å². The zero-order valence-corrected chi connectivity index (χ0v) is 23.3. The van der Waals surface area contributed by atoms with Gasteiger partial charge in [-0.3, -0.25) is 4.79 Å². The number of hydrogen-bond acceptors (Lipinski definition) is 5. The molecule has 0 aliphatic carbocycles. The van der Waals surface area contributed by atoms with E-state index in [4.69, 9.17) is 9.47 Å². The van der Waals surface area contributed by atoms with Gasteiger partial charge in [0.2, 0.25) is 5.91 Å². The van der Waals surface area contributed by atoms with Crippen LogP contribution < -0.4 is 0 Å². The van der Waals surface area contributed by atoms with E-state index in [1.54, 1.807) is 4.90 Å². The van der Waals surface area contributed by atoms with Gasteiger partial charge in [0.1, 0.15) is 12.2 Å². The molecule has 2 aliphatic heterocycles. The second-order valence-corrected chi connectivity index (χ2v) is 11.8. The van der Waals surface area contributed by atoms with E-state index in [0.29, 0.717) is 38.8 Å². The lowest BCUT2D eigenvalue weighted by molar-refractivity contribution is -0.135. The summed E-state index contributed by atoms with van der Waals surface area (Å²) in [7, 11) is 0. The number of imide groups is 1. The Hall–Kier alpha value is -2.87. The molecule has 0 unspecified atom stereocenters. The summed E-state index contributed by atoms with van der Waals surface area (Å²) in [6.07, 6.45) is 1.49. The van der Waals surface area contributed by atoms with Crippen LogP contribution in [0.2, 0.25) is 0 Å². The lowest BCUT2D eigenvalue weighted by Gasteiger charge is -2.37. The number of likely N-dealkylation sites (tertiary alicyclic amines) is 1. The molecule has 7 nitrogen and oxygen atoms in total. The maximum atomic E-state index is 14.1. The van der Waals surface area contributed by atoms with Gasteiger partial charge in [-0.25, -0.2) is 14.5 Å². The number of cyclic esters (lactones) is 1. The fourth-order valence-electron chi connectivity index (χ4n) is 5.13. The third kappa shape index (κ3) is 7.12. The van der Waals surface area contributed by atoms with Gasteiger partial charge in [0.05, 0.1) is 6.04 Å². The topological polar surface area (TPSA) is 76.2 Å². The van der Waals surface area contributed by atoms with Gasteiger partial charge in [-0.05, 0) is 75.6 Å². The number of carbonyl (C=O) groups excluding carboxylic acids is 3. The third-order valence-corrected chi connectivity index (χ3v) is 7.43. The molecule has 198 valence electrons. The van der Waals surface area contributed by atoms with Crippen molar-refractivity contribution in [2.24, 2.45) is 11.8 Å². The Kier molecular flexibility index (Phi) is 8.57. The maximum absolute atomic E-state index is 14.1. The largest absolute Gasteiger partial charge is 0.447 e. The first-order valence-electron chi connectivity index (χ1n) is 12.9. The van der Waals surface area contributed by atoms with Crippen LogP contribution in [-0.4, -0.2) is 59.2 Å². The minimum absolute atomic E-state index is 0.0240. The SMILES string of the molecule is CC(C)(C)OC(=O)N1CCC([C@H](Cc2cccc(Br)c2)C(=O)N2C(=O)OC[C@@H]2Cc2ccccc2)CC1. The number of piperidine rings is 1. The highest BCUT2D eigenvalue weighted by molar-refractivity contribution is 9.10. The summed E-state index contributed by atoms with van der Waals surface area (Å²) < 4.78 is 11.8. The fourth-order valence-corrected chi connectivity index (χ4v) is 5.58. The highest BCUT2D eigenvalue weighted by Gasteiger charge is 2.44. The minimum Gasteiger partial charge on any atom is -0.447 e. The van der Waals surface area contributed by atoms with Crippen molar-refractivity contribution in [3.63, 3.8) is 0 Å². The summed E-state index contributed by atoms with van der Waals surface area (Å²) >= 11 is 3.53. The molecule has 37 heavy (non-hydrogen) atoms. The van der Waals surface area contributed by atoms with Crippen LogP contribution in [0.15, 0.2) is 59.1 Å². The zero-order valence-electron chi connectivity index (χ0n) is 21.7. The Morgan fingerprint density at radius 1 is 1.05 bits per heavy atom. The molecule has 8 heteroatoms. The normalized spacial score (nSPS) is 19.5. The van der Waals surface area contributed by atoms with Gasteiger partial charge in [-0.1, -0.05) is 58.4 Å². The molecule has 0 aromatic heterocycles. The number of rotatable bonds is 6. The first-order valence-corrected chi connectivity index (χ1v) is 13.7. The molecular weight excluding hydrogens is 536 g/mol. The van der Waals surface area contributed by atoms with E-state index in [-0.39, 0.29) is 30.6 Å². The predicted octanol–water partition coefficient (Wildman–Crippen LogP) is 5.85. The van der Waals surface area contributed by atoms with E-state index < -0.39 is 17.6 Å². The number of benzene rings is 2. The van der Waals surface area contributed by atoms with E-state index in [0.717, 1.165) is 15.6 Å². The number of halogens is 1. The summed E-state index contributed by atoms with van der Waals surface area (Å²) in [5.41, 5.74) is 1.52. The molecule has 2 aliphatic rings. The molecule has 4 rings (SSSR count). The number of amides is 3. The third-order valence-electron chi connectivity index (χ3n) is 6.93. The van der Waals surface area contributed by atoms with Gasteiger partial charge in [0, 0.05) is 23.5 Å². The Morgan fingerprint density at radius 2 is 1.73 bits per heavy atom. The number of hydrogen-bond donors (Lipinski definition) is 0. The summed E-state index contributed by atoms with van der Waals surface area (Å²) in [6.45, 7) is 6.78. The second kappa shape index (κ2) is 11.7. The number of ether oxygens (including phenoxy) is 2. The standard InChI is InChI=1S/C29H35BrN2O5/c1-29(2,3)37-27(34)31-14-12-22(13-15-31)25(18-21-10-7-11-23(30)16-21)26(33)32-24(19-36-28(32)35)17-20-8-5-4-6-9-20/h4-11,16,22,24-25H,12-15,17-19H2,1-3H3/t24-,25-/m0/s1. The Balaban J connectivity index is 1.53. The number of nitrogens with zero attached hydrogens (tertiary/aromatic N) is 2. The summed E-state index contributed by atoms with van der Waals surface area (Å²) in [5, 5.41) is 0. The van der Waals surface area contributed by atoms with E-state index in [2.05, 4.69) is 15.9 Å². The van der Waals surface area contributed by atoms with Crippen LogP contribution in [0.4, 0.5) is 9.59 Å². The predicted molar refractivity (Wildman–Crippen MR) is 144 cm³/mol. The van der Waals surface area contributed by atoms with Crippen LogP contribution in [0.1, 0.15) is 44.7 Å². The lowest BCUT2D eigenvalue weighted by atomic mass is 9.79. The molecule has 3 amide bonds. The van der Waals surface area contributed by atoms with Crippen molar-refractivity contribution >= 4 is 34.0 Å². The Morgan fingerprint density at radius 3 is 2.38 bits per heavy atom. The van der Waals surface area contributed by atoms with Crippen molar-refractivity contribution in [3.8, 4) is 0 Å². The summed E-state index contributed by atoms with van der Waals surface area (Å²) in [5.74, 6) is -0.575. The molecule has 2 saturated heterocycles. The van der Waals surface area contributed by atoms with E-state index >= 15 is 0 Å². The summed E-state index contributed by atoms with van der Waals surface area (Å²) in [4.78, 5) is 42.5. The minimum atomic E-state index is -0.573. The summed E-state index contributed by atoms with van der Waals surface area (Å²) in [6, 6.07) is 17.4. The van der Waals surface area contributed by atoms with Gasteiger partial charge in [-0.15, -0.1) is 0 Å². The van der Waals surface area contributed by atoms with Gasteiger partial charge < -0.3 is 14.4 Å². The van der Waals surface area contributed by atoms with Gasteiger partial charge in [0.25, 0.3) is 0 Å². The van der Waals surface area contributed by atoms with E-state index in [1.807, 2.05) is 75.4 Å². The second-order valence-electron chi connectivity index (χ2n) is 10.9. The molecule has 2 aromatic carbocycles. The average molecular weight is 572 g/mol. The zero-order chi connectivity index (χ0) is 26.6. The molecule has 0 bridgehead atoms. The Bertz CT molecular complexity index is 1110. The molecule has 2 aromatic rings. The van der Waals surface area contributed by atoms with Gasteiger partial charge in [0.15, 0.2) is 0 Å². The van der Waals surface area contributed by atoms with Crippen LogP contribution in [0.3, 0.4) is 0 Å². The van der Waals surface area contributed by atoms with Crippen molar-refractivity contribution in [1.82, 2.24) is 9.80 Å². The van der Waals surface area contributed by atoms with Crippen molar-refractivity contribution in [3.05, 3.63) is 70.2 Å².